The number of carbonyl (C=O) groups is 1. The summed E-state index contributed by atoms with van der Waals surface area (Å²) in [6.07, 6.45) is 2.36. The Labute approximate surface area is 107 Å². The van der Waals surface area contributed by atoms with Gasteiger partial charge in [-0.05, 0) is 24.6 Å². The number of benzene rings is 1. The average Bonchev–Trinajstić information content (AvgIpc) is 2.36. The molecule has 6 heteroatoms. The first-order valence-electron chi connectivity index (χ1n) is 5.38. The number of pyridine rings is 1. The van der Waals surface area contributed by atoms with Crippen LogP contribution in [0.3, 0.4) is 0 Å². The quantitative estimate of drug-likeness (QED) is 0.876. The molecule has 2 aromatic rings. The van der Waals surface area contributed by atoms with Crippen molar-refractivity contribution in [1.29, 1.82) is 0 Å². The number of hydrogen-bond acceptors (Lipinski definition) is 3. The molecule has 1 aromatic carbocycles. The molecule has 2 rings (SSSR count). The fraction of sp³-hybridized carbons (Fsp3) is 0.0769. The van der Waals surface area contributed by atoms with Crippen LogP contribution in [-0.4, -0.2) is 16.0 Å². The molecule has 1 aromatic heterocycles. The van der Waals surface area contributed by atoms with Crippen molar-refractivity contribution >= 4 is 11.6 Å². The summed E-state index contributed by atoms with van der Waals surface area (Å²) in [5, 5.41) is 11.4. The Morgan fingerprint density at radius 3 is 2.63 bits per heavy atom. The molecule has 4 nitrogen and oxygen atoms in total. The molecule has 2 N–H and O–H groups in total. The number of carbonyl (C=O) groups excluding carboxylic acids is 1. The average molecular weight is 264 g/mol. The van der Waals surface area contributed by atoms with Gasteiger partial charge in [0.1, 0.15) is 17.4 Å². The van der Waals surface area contributed by atoms with Crippen LogP contribution in [0.25, 0.3) is 0 Å². The highest BCUT2D eigenvalue weighted by atomic mass is 19.1. The van der Waals surface area contributed by atoms with Gasteiger partial charge >= 0.3 is 0 Å². The van der Waals surface area contributed by atoms with Crippen LogP contribution < -0.4 is 5.32 Å². The Morgan fingerprint density at radius 2 is 1.95 bits per heavy atom. The lowest BCUT2D eigenvalue weighted by molar-refractivity contribution is 0.102. The van der Waals surface area contributed by atoms with Crippen molar-refractivity contribution in [2.45, 2.75) is 6.92 Å². The van der Waals surface area contributed by atoms with Crippen molar-refractivity contribution in [3.63, 3.8) is 0 Å². The first kappa shape index (κ1) is 12.9. The van der Waals surface area contributed by atoms with Gasteiger partial charge < -0.3 is 10.4 Å². The van der Waals surface area contributed by atoms with E-state index in [1.54, 1.807) is 0 Å². The van der Waals surface area contributed by atoms with E-state index in [1.165, 1.54) is 19.2 Å². The van der Waals surface area contributed by atoms with E-state index in [4.69, 9.17) is 0 Å². The highest BCUT2D eigenvalue weighted by molar-refractivity contribution is 6.04. The molecule has 0 radical (unpaired) electrons. The number of nitrogens with zero attached hydrogens (tertiary/aromatic N) is 1. The summed E-state index contributed by atoms with van der Waals surface area (Å²) in [4.78, 5) is 15.4. The zero-order valence-electron chi connectivity index (χ0n) is 9.95. The number of anilines is 1. The van der Waals surface area contributed by atoms with Crippen LogP contribution in [-0.2, 0) is 0 Å². The number of nitrogens with one attached hydrogen (secondary N) is 1. The third-order valence-electron chi connectivity index (χ3n) is 2.48. The molecule has 0 bridgehead atoms. The Balaban J connectivity index is 2.27. The van der Waals surface area contributed by atoms with Gasteiger partial charge in [-0.25, -0.2) is 8.78 Å². The summed E-state index contributed by atoms with van der Waals surface area (Å²) in [6, 6.07) is 3.06. The van der Waals surface area contributed by atoms with E-state index in [9.17, 15) is 18.7 Å². The van der Waals surface area contributed by atoms with Gasteiger partial charge in [-0.1, -0.05) is 0 Å². The number of aromatic hydroxyl groups is 1. The Kier molecular flexibility index (Phi) is 3.41. The molecule has 19 heavy (non-hydrogen) atoms. The minimum absolute atomic E-state index is 0.0420. The maximum Gasteiger partial charge on any atom is 0.257 e. The van der Waals surface area contributed by atoms with Crippen molar-refractivity contribution < 1.29 is 18.7 Å². The predicted molar refractivity (Wildman–Crippen MR) is 65.0 cm³/mol. The summed E-state index contributed by atoms with van der Waals surface area (Å²) >= 11 is 0. The number of aromatic nitrogens is 1. The first-order valence-corrected chi connectivity index (χ1v) is 5.38. The summed E-state index contributed by atoms with van der Waals surface area (Å²) < 4.78 is 26.8. The van der Waals surface area contributed by atoms with E-state index in [0.29, 0.717) is 0 Å². The highest BCUT2D eigenvalue weighted by Crippen LogP contribution is 2.20. The minimum atomic E-state index is -0.736. The van der Waals surface area contributed by atoms with Gasteiger partial charge in [-0.2, -0.15) is 0 Å². The van der Waals surface area contributed by atoms with Gasteiger partial charge in [0.15, 0.2) is 0 Å². The van der Waals surface area contributed by atoms with E-state index in [1.807, 2.05) is 0 Å². The maximum atomic E-state index is 13.5. The SMILES string of the molecule is Cc1cc(F)c(NC(=O)c2cncc(O)c2)cc1F. The number of aryl methyl sites for hydroxylation is 1. The van der Waals surface area contributed by atoms with Crippen molar-refractivity contribution in [2.24, 2.45) is 0 Å². The summed E-state index contributed by atoms with van der Waals surface area (Å²) in [5.41, 5.74) is -0.0775. The van der Waals surface area contributed by atoms with Crippen LogP contribution in [0.2, 0.25) is 0 Å². The molecule has 0 aliphatic rings. The van der Waals surface area contributed by atoms with Crippen LogP contribution in [0.15, 0.2) is 30.6 Å². The zero-order chi connectivity index (χ0) is 14.0. The second-order valence-electron chi connectivity index (χ2n) is 3.97. The second-order valence-corrected chi connectivity index (χ2v) is 3.97. The number of hydrogen-bond donors (Lipinski definition) is 2. The molecular weight excluding hydrogens is 254 g/mol. The number of amides is 1. The van der Waals surface area contributed by atoms with Crippen molar-refractivity contribution in [3.05, 3.63) is 53.4 Å². The highest BCUT2D eigenvalue weighted by Gasteiger charge is 2.12. The van der Waals surface area contributed by atoms with E-state index in [0.717, 1.165) is 18.3 Å². The van der Waals surface area contributed by atoms with Crippen LogP contribution in [0, 0.1) is 18.6 Å². The molecule has 1 amide bonds. The fourth-order valence-electron chi connectivity index (χ4n) is 1.49. The van der Waals surface area contributed by atoms with Gasteiger partial charge in [-0.15, -0.1) is 0 Å². The second kappa shape index (κ2) is 5.01. The largest absolute Gasteiger partial charge is 0.506 e. The fourth-order valence-corrected chi connectivity index (χ4v) is 1.49. The molecule has 0 saturated heterocycles. The summed E-state index contributed by atoms with van der Waals surface area (Å²) in [5.74, 6) is -2.24. The molecule has 0 aliphatic carbocycles. The van der Waals surface area contributed by atoms with Gasteiger partial charge in [0.2, 0.25) is 0 Å². The number of halogens is 2. The van der Waals surface area contributed by atoms with Crippen LogP contribution in [0.4, 0.5) is 14.5 Å². The topological polar surface area (TPSA) is 62.2 Å². The third-order valence-corrected chi connectivity index (χ3v) is 2.48. The van der Waals surface area contributed by atoms with Crippen LogP contribution >= 0.6 is 0 Å². The van der Waals surface area contributed by atoms with Crippen LogP contribution in [0.1, 0.15) is 15.9 Å². The van der Waals surface area contributed by atoms with Gasteiger partial charge in [0.05, 0.1) is 17.4 Å². The molecule has 0 aliphatic heterocycles. The lowest BCUT2D eigenvalue weighted by Crippen LogP contribution is -2.13. The predicted octanol–water partition coefficient (Wildman–Crippen LogP) is 2.63. The van der Waals surface area contributed by atoms with Crippen molar-refractivity contribution in [3.8, 4) is 5.75 Å². The molecule has 0 atom stereocenters. The molecule has 1 heterocycles. The zero-order valence-corrected chi connectivity index (χ0v) is 9.95. The molecule has 98 valence electrons. The van der Waals surface area contributed by atoms with E-state index < -0.39 is 17.5 Å². The van der Waals surface area contributed by atoms with E-state index >= 15 is 0 Å². The lowest BCUT2D eigenvalue weighted by Gasteiger charge is -2.08. The van der Waals surface area contributed by atoms with Gasteiger partial charge in [-0.3, -0.25) is 9.78 Å². The molecular formula is C13H10F2N2O2. The number of rotatable bonds is 2. The normalized spacial score (nSPS) is 10.3. The smallest absolute Gasteiger partial charge is 0.257 e. The monoisotopic (exact) mass is 264 g/mol. The van der Waals surface area contributed by atoms with E-state index in [-0.39, 0.29) is 22.6 Å². The molecule has 0 spiro atoms. The Hall–Kier alpha value is -2.50. The maximum absolute atomic E-state index is 13.5. The first-order chi connectivity index (χ1) is 8.97. The van der Waals surface area contributed by atoms with Crippen molar-refractivity contribution in [2.75, 3.05) is 5.32 Å². The summed E-state index contributed by atoms with van der Waals surface area (Å²) in [7, 11) is 0. The standard InChI is InChI=1S/C13H10F2N2O2/c1-7-2-11(15)12(4-10(7)14)17-13(19)8-3-9(18)6-16-5-8/h2-6,18H,1H3,(H,17,19). The molecule has 0 fully saturated rings. The van der Waals surface area contributed by atoms with E-state index in [2.05, 4.69) is 10.3 Å². The third kappa shape index (κ3) is 2.85. The van der Waals surface area contributed by atoms with Crippen LogP contribution in [0.5, 0.6) is 5.75 Å². The summed E-state index contributed by atoms with van der Waals surface area (Å²) in [6.45, 7) is 1.42. The minimum Gasteiger partial charge on any atom is -0.506 e. The van der Waals surface area contributed by atoms with Gasteiger partial charge in [0, 0.05) is 12.3 Å². The molecule has 0 saturated carbocycles. The van der Waals surface area contributed by atoms with Gasteiger partial charge in [0.25, 0.3) is 5.91 Å². The van der Waals surface area contributed by atoms with Crippen molar-refractivity contribution in [1.82, 2.24) is 4.98 Å². The Morgan fingerprint density at radius 1 is 1.21 bits per heavy atom. The molecule has 0 unspecified atom stereocenters. The Bertz CT molecular complexity index is 645. The lowest BCUT2D eigenvalue weighted by atomic mass is 10.2.